The van der Waals surface area contributed by atoms with Crippen molar-refractivity contribution in [1.82, 2.24) is 0 Å². The number of Topliss-reactive ketones (excluding diaryl/α,β-unsaturated/α-hetero) is 1. The van der Waals surface area contributed by atoms with Crippen LogP contribution in [0, 0.1) is 5.41 Å². The van der Waals surface area contributed by atoms with Crippen molar-refractivity contribution in [3.05, 3.63) is 119 Å². The van der Waals surface area contributed by atoms with Gasteiger partial charge in [0.05, 0.1) is 26.4 Å². The molecule has 4 aromatic rings. The molecule has 1 atom stereocenters. The van der Waals surface area contributed by atoms with Crippen molar-refractivity contribution < 1.29 is 42.5 Å². The summed E-state index contributed by atoms with van der Waals surface area (Å²) in [6.07, 6.45) is -0.378. The Morgan fingerprint density at radius 2 is 1.37 bits per heavy atom. The van der Waals surface area contributed by atoms with Gasteiger partial charge in [-0.3, -0.25) is 9.59 Å². The van der Waals surface area contributed by atoms with Crippen molar-refractivity contribution in [3.8, 4) is 11.3 Å². The number of benzene rings is 3. The summed E-state index contributed by atoms with van der Waals surface area (Å²) in [5.41, 5.74) is 3.64. The number of ether oxygens (including phenoxy) is 4. The van der Waals surface area contributed by atoms with Crippen molar-refractivity contribution in [2.24, 2.45) is 5.41 Å². The SMILES string of the molecule is CCOC(=O)c1ccc(/C(CCC(C)=O)=C2\CC(C(=O)OC)(C(=O)OC)Cc3oc(-c4ccccc4)c(C(OC)c4ccccc4)c32)cc1. The van der Waals surface area contributed by atoms with E-state index in [1.165, 1.54) is 21.1 Å². The van der Waals surface area contributed by atoms with Crippen LogP contribution < -0.4 is 0 Å². The van der Waals surface area contributed by atoms with Gasteiger partial charge >= 0.3 is 17.9 Å². The second kappa shape index (κ2) is 15.3. The highest BCUT2D eigenvalue weighted by Gasteiger charge is 2.54. The quantitative estimate of drug-likeness (QED) is 0.0866. The molecule has 0 radical (unpaired) electrons. The molecule has 1 unspecified atom stereocenters. The van der Waals surface area contributed by atoms with E-state index in [2.05, 4.69) is 0 Å². The van der Waals surface area contributed by atoms with Gasteiger partial charge in [-0.1, -0.05) is 72.8 Å². The second-order valence-corrected chi connectivity index (χ2v) is 11.9. The molecule has 1 aliphatic carbocycles. The van der Waals surface area contributed by atoms with Crippen LogP contribution >= 0.6 is 0 Å². The largest absolute Gasteiger partial charge is 0.468 e. The summed E-state index contributed by atoms with van der Waals surface area (Å²) in [7, 11) is 4.09. The fraction of sp³-hybridized carbons (Fsp3) is 0.300. The Morgan fingerprint density at radius 3 is 1.92 bits per heavy atom. The highest BCUT2D eigenvalue weighted by atomic mass is 16.5. The van der Waals surface area contributed by atoms with Crippen LogP contribution in [0.15, 0.2) is 89.3 Å². The molecule has 3 aromatic carbocycles. The lowest BCUT2D eigenvalue weighted by atomic mass is 9.68. The lowest BCUT2D eigenvalue weighted by Gasteiger charge is -2.34. The molecule has 9 nitrogen and oxygen atoms in total. The molecule has 0 saturated heterocycles. The Bertz CT molecular complexity index is 1830. The fourth-order valence-corrected chi connectivity index (χ4v) is 6.59. The van der Waals surface area contributed by atoms with Crippen LogP contribution in [0.5, 0.6) is 0 Å². The normalized spacial score (nSPS) is 15.0. The maximum absolute atomic E-state index is 13.7. The summed E-state index contributed by atoms with van der Waals surface area (Å²) in [6, 6.07) is 26.1. The molecule has 0 saturated carbocycles. The average molecular weight is 665 g/mol. The number of allylic oxidation sites excluding steroid dienone is 2. The molecule has 1 heterocycles. The van der Waals surface area contributed by atoms with Crippen LogP contribution in [0.4, 0.5) is 0 Å². The van der Waals surface area contributed by atoms with E-state index in [0.717, 1.165) is 16.7 Å². The van der Waals surface area contributed by atoms with Gasteiger partial charge in [0.1, 0.15) is 23.4 Å². The summed E-state index contributed by atoms with van der Waals surface area (Å²) < 4.78 is 28.7. The third kappa shape index (κ3) is 6.98. The Hall–Kier alpha value is -5.28. The Balaban J connectivity index is 1.90. The standard InChI is InChI=1S/C40H40O9/c1-6-48-37(42)29-20-18-26(19-21-29)30(22-17-25(2)41)31-23-40(38(43)46-4,39(44)47-5)24-32-33(31)34(35(45-3)27-13-9-7-10-14-27)36(49-32)28-15-11-8-12-16-28/h7-16,18-21,35H,6,17,22-24H2,1-5H3/b31-30+. The Kier molecular flexibility index (Phi) is 10.9. The zero-order chi connectivity index (χ0) is 35.1. The van der Waals surface area contributed by atoms with Gasteiger partial charge in [-0.05, 0) is 54.7 Å². The number of methoxy groups -OCH3 is 3. The van der Waals surface area contributed by atoms with Gasteiger partial charge in [0, 0.05) is 43.1 Å². The van der Waals surface area contributed by atoms with Crippen LogP contribution in [-0.4, -0.2) is 51.6 Å². The monoisotopic (exact) mass is 664 g/mol. The lowest BCUT2D eigenvalue weighted by Crippen LogP contribution is -2.45. The first-order valence-electron chi connectivity index (χ1n) is 16.1. The van der Waals surface area contributed by atoms with Crippen molar-refractivity contribution in [2.45, 2.75) is 45.6 Å². The van der Waals surface area contributed by atoms with Crippen molar-refractivity contribution in [3.63, 3.8) is 0 Å². The summed E-state index contributed by atoms with van der Waals surface area (Å²) >= 11 is 0. The van der Waals surface area contributed by atoms with E-state index in [1.54, 1.807) is 38.3 Å². The van der Waals surface area contributed by atoms with E-state index in [-0.39, 0.29) is 38.1 Å². The molecule has 0 spiro atoms. The van der Waals surface area contributed by atoms with Crippen LogP contribution in [0.2, 0.25) is 0 Å². The van der Waals surface area contributed by atoms with E-state index >= 15 is 0 Å². The molecule has 5 rings (SSSR count). The van der Waals surface area contributed by atoms with Crippen LogP contribution in [-0.2, 0) is 39.8 Å². The van der Waals surface area contributed by atoms with E-state index in [4.69, 9.17) is 23.4 Å². The number of carbonyl (C=O) groups excluding carboxylic acids is 4. The zero-order valence-electron chi connectivity index (χ0n) is 28.4. The van der Waals surface area contributed by atoms with E-state index in [0.29, 0.717) is 39.4 Å². The number of esters is 3. The highest BCUT2D eigenvalue weighted by Crippen LogP contribution is 2.53. The van der Waals surface area contributed by atoms with Gasteiger partial charge in [-0.25, -0.2) is 4.79 Å². The second-order valence-electron chi connectivity index (χ2n) is 11.9. The van der Waals surface area contributed by atoms with Gasteiger partial charge in [0.25, 0.3) is 0 Å². The van der Waals surface area contributed by atoms with E-state index in [9.17, 15) is 19.2 Å². The molecule has 0 amide bonds. The van der Waals surface area contributed by atoms with E-state index < -0.39 is 29.4 Å². The van der Waals surface area contributed by atoms with Crippen molar-refractivity contribution in [1.29, 1.82) is 0 Å². The minimum atomic E-state index is -1.78. The summed E-state index contributed by atoms with van der Waals surface area (Å²) in [4.78, 5) is 52.4. The number of fused-ring (bicyclic) bond motifs is 1. The van der Waals surface area contributed by atoms with Crippen LogP contribution in [0.1, 0.15) is 77.6 Å². The molecule has 0 aliphatic heterocycles. The molecule has 0 N–H and O–H groups in total. The molecule has 9 heteroatoms. The predicted octanol–water partition coefficient (Wildman–Crippen LogP) is 7.42. The number of furan rings is 1. The minimum Gasteiger partial charge on any atom is -0.468 e. The Labute approximate surface area is 285 Å². The molecule has 1 aliphatic rings. The zero-order valence-corrected chi connectivity index (χ0v) is 28.4. The molecule has 254 valence electrons. The van der Waals surface area contributed by atoms with E-state index in [1.807, 2.05) is 60.7 Å². The predicted molar refractivity (Wildman–Crippen MR) is 183 cm³/mol. The third-order valence-corrected chi connectivity index (χ3v) is 8.89. The number of carbonyl (C=O) groups is 4. The third-order valence-electron chi connectivity index (χ3n) is 8.89. The smallest absolute Gasteiger partial charge is 0.338 e. The fourth-order valence-electron chi connectivity index (χ4n) is 6.59. The first-order chi connectivity index (χ1) is 23.7. The number of rotatable bonds is 12. The molecular weight excluding hydrogens is 624 g/mol. The van der Waals surface area contributed by atoms with Gasteiger partial charge < -0.3 is 28.2 Å². The Morgan fingerprint density at radius 1 is 0.776 bits per heavy atom. The van der Waals surface area contributed by atoms with Gasteiger partial charge in [0.2, 0.25) is 0 Å². The van der Waals surface area contributed by atoms with Crippen LogP contribution in [0.3, 0.4) is 0 Å². The maximum atomic E-state index is 13.7. The molecule has 0 bridgehead atoms. The molecule has 1 aromatic heterocycles. The average Bonchev–Trinajstić information content (AvgIpc) is 3.51. The maximum Gasteiger partial charge on any atom is 0.338 e. The number of ketones is 1. The summed E-state index contributed by atoms with van der Waals surface area (Å²) in [5, 5.41) is 0. The van der Waals surface area contributed by atoms with Crippen LogP contribution in [0.25, 0.3) is 22.5 Å². The summed E-state index contributed by atoms with van der Waals surface area (Å²) in [5.74, 6) is -1.13. The number of hydrogen-bond acceptors (Lipinski definition) is 9. The lowest BCUT2D eigenvalue weighted by molar-refractivity contribution is -0.169. The van der Waals surface area contributed by atoms with Gasteiger partial charge in [-0.2, -0.15) is 0 Å². The van der Waals surface area contributed by atoms with Gasteiger partial charge in [0.15, 0.2) is 5.41 Å². The highest BCUT2D eigenvalue weighted by molar-refractivity contribution is 6.06. The molecule has 49 heavy (non-hydrogen) atoms. The minimum absolute atomic E-state index is 0.0408. The molecule has 0 fully saturated rings. The summed E-state index contributed by atoms with van der Waals surface area (Å²) in [6.45, 7) is 3.48. The number of hydrogen-bond donors (Lipinski definition) is 0. The van der Waals surface area contributed by atoms with Crippen molar-refractivity contribution in [2.75, 3.05) is 27.9 Å². The first-order valence-corrected chi connectivity index (χ1v) is 16.1. The van der Waals surface area contributed by atoms with Crippen molar-refractivity contribution >= 4 is 34.8 Å². The first kappa shape index (κ1) is 35.0. The topological polar surface area (TPSA) is 118 Å². The molecular formula is C40H40O9. The van der Waals surface area contributed by atoms with Gasteiger partial charge in [-0.15, -0.1) is 0 Å².